The second-order valence-electron chi connectivity index (χ2n) is 10.6. The van der Waals surface area contributed by atoms with Crippen molar-refractivity contribution in [3.8, 4) is 10.4 Å². The van der Waals surface area contributed by atoms with E-state index >= 15 is 0 Å². The standard InChI is InChI=1S/C28H32ClN7O2S2/c1-18(17-35-10-3-2-4-11-35)26(23-14-20(7-9-30-23)34-40(38)21-5-6-21)33-27(37)28-31-16-25(39-28)22-15-32-36-12-8-19(29)13-24(22)36/h7-9,12-16,18,21,26H,2-6,10-11,17H2,1H3,(H,30,34)(H,33,37)/t18-,26?,40?/m0/s1. The van der Waals surface area contributed by atoms with Gasteiger partial charge >= 0.3 is 0 Å². The summed E-state index contributed by atoms with van der Waals surface area (Å²) in [4.78, 5) is 26.0. The van der Waals surface area contributed by atoms with Crippen molar-refractivity contribution >= 4 is 51.0 Å². The minimum atomic E-state index is -1.11. The molecule has 9 nitrogen and oxygen atoms in total. The molecule has 1 aliphatic heterocycles. The van der Waals surface area contributed by atoms with Crippen LogP contribution >= 0.6 is 22.9 Å². The highest BCUT2D eigenvalue weighted by atomic mass is 35.5. The number of piperidine rings is 1. The average Bonchev–Trinajstić information content (AvgIpc) is 3.56. The van der Waals surface area contributed by atoms with Gasteiger partial charge in [0.2, 0.25) is 0 Å². The van der Waals surface area contributed by atoms with E-state index in [1.165, 1.54) is 30.6 Å². The van der Waals surface area contributed by atoms with E-state index in [0.29, 0.717) is 10.0 Å². The number of nitrogens with one attached hydrogen (secondary N) is 2. The Morgan fingerprint density at radius 1 is 1.18 bits per heavy atom. The number of thiazole rings is 1. The van der Waals surface area contributed by atoms with Gasteiger partial charge in [0.25, 0.3) is 5.91 Å². The van der Waals surface area contributed by atoms with Gasteiger partial charge in [-0.1, -0.05) is 24.9 Å². The molecule has 0 aromatic carbocycles. The fraction of sp³-hybridized carbons (Fsp3) is 0.429. The maximum atomic E-state index is 13.6. The number of carbonyl (C=O) groups is 1. The van der Waals surface area contributed by atoms with Crippen LogP contribution < -0.4 is 10.0 Å². The van der Waals surface area contributed by atoms with Crippen molar-refractivity contribution in [2.45, 2.75) is 50.3 Å². The lowest BCUT2D eigenvalue weighted by Crippen LogP contribution is -2.40. The van der Waals surface area contributed by atoms with Crippen molar-refractivity contribution in [3.05, 3.63) is 64.8 Å². The summed E-state index contributed by atoms with van der Waals surface area (Å²) in [6, 6.07) is 7.03. The minimum Gasteiger partial charge on any atom is -0.341 e. The van der Waals surface area contributed by atoms with E-state index in [4.69, 9.17) is 11.6 Å². The third-order valence-corrected chi connectivity index (χ3v) is 10.2. The van der Waals surface area contributed by atoms with Crippen molar-refractivity contribution in [3.63, 3.8) is 0 Å². The maximum absolute atomic E-state index is 13.6. The summed E-state index contributed by atoms with van der Waals surface area (Å²) in [7, 11) is -1.11. The summed E-state index contributed by atoms with van der Waals surface area (Å²) in [5, 5.41) is 8.83. The molecule has 3 atom stereocenters. The Labute approximate surface area is 244 Å². The van der Waals surface area contributed by atoms with Crippen molar-refractivity contribution in [1.29, 1.82) is 0 Å². The van der Waals surface area contributed by atoms with E-state index in [9.17, 15) is 9.00 Å². The van der Waals surface area contributed by atoms with Gasteiger partial charge in [0.15, 0.2) is 5.01 Å². The van der Waals surface area contributed by atoms with Gasteiger partial charge in [-0.05, 0) is 69.0 Å². The number of amides is 1. The van der Waals surface area contributed by atoms with E-state index < -0.39 is 11.0 Å². The molecule has 2 N–H and O–H groups in total. The van der Waals surface area contributed by atoms with Crippen molar-refractivity contribution < 1.29 is 9.00 Å². The highest BCUT2D eigenvalue weighted by Gasteiger charge is 2.30. The molecular formula is C28H32ClN7O2S2. The number of hydrogen-bond donors (Lipinski definition) is 2. The summed E-state index contributed by atoms with van der Waals surface area (Å²) in [5.74, 6) is -0.150. The Morgan fingerprint density at radius 3 is 2.80 bits per heavy atom. The predicted molar refractivity (Wildman–Crippen MR) is 160 cm³/mol. The molecule has 2 fully saturated rings. The first-order chi connectivity index (χ1) is 19.4. The van der Waals surface area contributed by atoms with Crippen LogP contribution in [0.5, 0.6) is 0 Å². The molecule has 4 aromatic rings. The topological polar surface area (TPSA) is 105 Å². The lowest BCUT2D eigenvalue weighted by Gasteiger charge is -2.32. The van der Waals surface area contributed by atoms with Gasteiger partial charge in [-0.25, -0.2) is 13.7 Å². The van der Waals surface area contributed by atoms with Crippen molar-refractivity contribution in [2.75, 3.05) is 24.4 Å². The number of rotatable bonds is 10. The molecule has 6 rings (SSSR count). The molecule has 40 heavy (non-hydrogen) atoms. The zero-order chi connectivity index (χ0) is 27.6. The molecule has 210 valence electrons. The van der Waals surface area contributed by atoms with Crippen LogP contribution in [-0.2, 0) is 11.0 Å². The zero-order valence-electron chi connectivity index (χ0n) is 22.3. The van der Waals surface area contributed by atoms with Gasteiger partial charge in [0.05, 0.1) is 33.6 Å². The molecule has 0 radical (unpaired) electrons. The number of pyridine rings is 2. The first-order valence-electron chi connectivity index (χ1n) is 13.7. The molecule has 5 heterocycles. The Kier molecular flexibility index (Phi) is 8.15. The van der Waals surface area contributed by atoms with Gasteiger partial charge in [0.1, 0.15) is 11.0 Å². The third kappa shape index (κ3) is 6.22. The highest BCUT2D eigenvalue weighted by Crippen LogP contribution is 2.32. The molecular weight excluding hydrogens is 566 g/mol. The van der Waals surface area contributed by atoms with E-state index in [0.717, 1.165) is 59.8 Å². The van der Waals surface area contributed by atoms with Gasteiger partial charge in [-0.2, -0.15) is 5.10 Å². The SMILES string of the molecule is C[C@@H](CN1CCCCC1)C(NC(=O)c1ncc(-c2cnn3ccc(Cl)cc23)s1)c1cc(NS(=O)C2CC2)ccn1. The van der Waals surface area contributed by atoms with Crippen LogP contribution in [0, 0.1) is 5.92 Å². The van der Waals surface area contributed by atoms with Crippen LogP contribution in [0.2, 0.25) is 5.02 Å². The van der Waals surface area contributed by atoms with Gasteiger partial charge in [-0.15, -0.1) is 11.3 Å². The first-order valence-corrected chi connectivity index (χ1v) is 16.1. The third-order valence-electron chi connectivity index (χ3n) is 7.44. The van der Waals surface area contributed by atoms with Gasteiger partial charge in [-0.3, -0.25) is 9.78 Å². The Morgan fingerprint density at radius 2 is 2.00 bits per heavy atom. The Bertz CT molecular complexity index is 1530. The lowest BCUT2D eigenvalue weighted by molar-refractivity contribution is 0.0908. The predicted octanol–water partition coefficient (Wildman–Crippen LogP) is 5.34. The van der Waals surface area contributed by atoms with Crippen LogP contribution in [0.1, 0.15) is 60.6 Å². The zero-order valence-corrected chi connectivity index (χ0v) is 24.6. The molecule has 1 saturated heterocycles. The number of likely N-dealkylation sites (tertiary alicyclic amines) is 1. The molecule has 1 amide bonds. The molecule has 1 saturated carbocycles. The molecule has 4 aromatic heterocycles. The van der Waals surface area contributed by atoms with Gasteiger partial charge in [0, 0.05) is 41.4 Å². The molecule has 0 spiro atoms. The summed E-state index contributed by atoms with van der Waals surface area (Å²) >= 11 is 7.54. The highest BCUT2D eigenvalue weighted by molar-refractivity contribution is 7.87. The van der Waals surface area contributed by atoms with Crippen molar-refractivity contribution in [2.24, 2.45) is 5.92 Å². The van der Waals surface area contributed by atoms with Crippen LogP contribution in [0.15, 0.2) is 49.1 Å². The smallest absolute Gasteiger partial charge is 0.280 e. The van der Waals surface area contributed by atoms with Crippen LogP contribution in [-0.4, -0.2) is 59.5 Å². The second-order valence-corrected chi connectivity index (χ2v) is 13.6. The summed E-state index contributed by atoms with van der Waals surface area (Å²) in [5.41, 5.74) is 3.22. The molecule has 12 heteroatoms. The molecule has 1 aliphatic carbocycles. The number of anilines is 1. The van der Waals surface area contributed by atoms with E-state index in [2.05, 4.69) is 36.9 Å². The number of carbonyl (C=O) groups excluding carboxylic acids is 1. The fourth-order valence-corrected chi connectivity index (χ4v) is 7.27. The number of hydrogen-bond acceptors (Lipinski definition) is 7. The van der Waals surface area contributed by atoms with E-state index in [1.54, 1.807) is 35.4 Å². The van der Waals surface area contributed by atoms with Crippen LogP contribution in [0.3, 0.4) is 0 Å². The Balaban J connectivity index is 1.24. The monoisotopic (exact) mass is 597 g/mol. The largest absolute Gasteiger partial charge is 0.341 e. The van der Waals surface area contributed by atoms with E-state index in [-0.39, 0.29) is 23.1 Å². The maximum Gasteiger partial charge on any atom is 0.280 e. The van der Waals surface area contributed by atoms with Gasteiger partial charge < -0.3 is 14.9 Å². The number of nitrogens with zero attached hydrogens (tertiary/aromatic N) is 5. The van der Waals surface area contributed by atoms with E-state index in [1.807, 2.05) is 18.2 Å². The number of aromatic nitrogens is 4. The summed E-state index contributed by atoms with van der Waals surface area (Å²) in [6.07, 6.45) is 12.6. The Hall–Kier alpha value is -2.86. The molecule has 0 bridgehead atoms. The normalized spacial score (nSPS) is 18.4. The summed E-state index contributed by atoms with van der Waals surface area (Å²) < 4.78 is 17.4. The number of fused-ring (bicyclic) bond motifs is 1. The molecule has 2 aliphatic rings. The molecule has 2 unspecified atom stereocenters. The van der Waals surface area contributed by atoms with Crippen LogP contribution in [0.4, 0.5) is 5.69 Å². The first kappa shape index (κ1) is 27.3. The van der Waals surface area contributed by atoms with Crippen LogP contribution in [0.25, 0.3) is 16.0 Å². The fourth-order valence-electron chi connectivity index (χ4n) is 5.18. The second kappa shape index (κ2) is 11.9. The summed E-state index contributed by atoms with van der Waals surface area (Å²) in [6.45, 7) is 5.14. The average molecular weight is 598 g/mol. The quantitative estimate of drug-likeness (QED) is 0.256. The number of halogens is 1. The van der Waals surface area contributed by atoms with Crippen molar-refractivity contribution in [1.82, 2.24) is 29.8 Å². The lowest BCUT2D eigenvalue weighted by atomic mass is 9.96. The minimum absolute atomic E-state index is 0.0971.